The summed E-state index contributed by atoms with van der Waals surface area (Å²) in [5.41, 5.74) is 2.50. The molecule has 3 nitrogen and oxygen atoms in total. The van der Waals surface area contributed by atoms with Crippen molar-refractivity contribution < 1.29 is 0 Å². The third kappa shape index (κ3) is 2.86. The Bertz CT molecular complexity index is 457. The van der Waals surface area contributed by atoms with Crippen molar-refractivity contribution in [1.82, 2.24) is 15.5 Å². The van der Waals surface area contributed by atoms with Gasteiger partial charge in [0.1, 0.15) is 0 Å². The fourth-order valence-corrected chi connectivity index (χ4v) is 2.24. The van der Waals surface area contributed by atoms with Crippen LogP contribution in [0.4, 0.5) is 0 Å². The van der Waals surface area contributed by atoms with Crippen LogP contribution in [0, 0.1) is 0 Å². The molecule has 2 rings (SSSR count). The summed E-state index contributed by atoms with van der Waals surface area (Å²) in [6.07, 6.45) is 5.38. The van der Waals surface area contributed by atoms with Gasteiger partial charge in [-0.05, 0) is 37.4 Å². The van der Waals surface area contributed by atoms with E-state index >= 15 is 0 Å². The Morgan fingerprint density at radius 2 is 2.12 bits per heavy atom. The van der Waals surface area contributed by atoms with E-state index in [0.29, 0.717) is 6.04 Å². The molecule has 0 amide bonds. The maximum absolute atomic E-state index is 4.09. The van der Waals surface area contributed by atoms with Crippen LogP contribution in [0.1, 0.15) is 32.3 Å². The highest BCUT2D eigenvalue weighted by Crippen LogP contribution is 2.16. The Labute approximate surface area is 103 Å². The third-order valence-corrected chi connectivity index (χ3v) is 3.39. The lowest BCUT2D eigenvalue weighted by Gasteiger charge is -2.14. The van der Waals surface area contributed by atoms with E-state index in [9.17, 15) is 0 Å². The molecule has 0 atom stereocenters. The summed E-state index contributed by atoms with van der Waals surface area (Å²) in [7, 11) is 0. The molecule has 3 heteroatoms. The fraction of sp³-hybridized carbons (Fsp3) is 0.500. The van der Waals surface area contributed by atoms with E-state index in [4.69, 9.17) is 0 Å². The molecule has 0 unspecified atom stereocenters. The number of aromatic nitrogens is 2. The molecule has 1 aromatic heterocycles. The Morgan fingerprint density at radius 1 is 1.29 bits per heavy atom. The van der Waals surface area contributed by atoms with Gasteiger partial charge in [0, 0.05) is 11.4 Å². The van der Waals surface area contributed by atoms with Crippen LogP contribution in [-0.4, -0.2) is 22.8 Å². The van der Waals surface area contributed by atoms with Crippen molar-refractivity contribution in [1.29, 1.82) is 0 Å². The maximum atomic E-state index is 4.09. The zero-order valence-electron chi connectivity index (χ0n) is 10.7. The number of nitrogens with one attached hydrogen (secondary N) is 2. The van der Waals surface area contributed by atoms with Crippen LogP contribution < -0.4 is 5.32 Å². The van der Waals surface area contributed by atoms with Gasteiger partial charge >= 0.3 is 0 Å². The second-order valence-corrected chi connectivity index (χ2v) is 4.47. The molecule has 0 spiro atoms. The zero-order valence-corrected chi connectivity index (χ0v) is 10.7. The van der Waals surface area contributed by atoms with E-state index < -0.39 is 0 Å². The molecule has 17 heavy (non-hydrogen) atoms. The average molecular weight is 231 g/mol. The largest absolute Gasteiger partial charge is 0.314 e. The van der Waals surface area contributed by atoms with Crippen molar-refractivity contribution in [2.75, 3.05) is 6.54 Å². The number of fused-ring (bicyclic) bond motifs is 1. The smallest absolute Gasteiger partial charge is 0.0653 e. The zero-order chi connectivity index (χ0) is 12.1. The molecule has 0 aliphatic carbocycles. The molecule has 1 heterocycles. The van der Waals surface area contributed by atoms with E-state index in [1.54, 1.807) is 0 Å². The van der Waals surface area contributed by atoms with Crippen LogP contribution in [0.5, 0.6) is 0 Å². The van der Waals surface area contributed by atoms with Gasteiger partial charge in [-0.2, -0.15) is 5.10 Å². The second-order valence-electron chi connectivity index (χ2n) is 4.47. The summed E-state index contributed by atoms with van der Waals surface area (Å²) in [6.45, 7) is 5.51. The highest BCUT2D eigenvalue weighted by Gasteiger charge is 2.04. The van der Waals surface area contributed by atoms with Gasteiger partial charge < -0.3 is 5.32 Å². The number of hydrogen-bond donors (Lipinski definition) is 2. The molecule has 0 aliphatic heterocycles. The SMILES string of the molecule is CCC(CC)NCCc1cccc2[nH]ncc12. The molecular weight excluding hydrogens is 210 g/mol. The van der Waals surface area contributed by atoms with Gasteiger partial charge in [-0.1, -0.05) is 26.0 Å². The monoisotopic (exact) mass is 231 g/mol. The van der Waals surface area contributed by atoms with Crippen molar-refractivity contribution in [3.63, 3.8) is 0 Å². The minimum Gasteiger partial charge on any atom is -0.314 e. The minimum atomic E-state index is 0.651. The average Bonchev–Trinajstić information content (AvgIpc) is 2.83. The van der Waals surface area contributed by atoms with E-state index in [-0.39, 0.29) is 0 Å². The lowest BCUT2D eigenvalue weighted by Crippen LogP contribution is -2.29. The molecule has 1 aromatic carbocycles. The summed E-state index contributed by atoms with van der Waals surface area (Å²) in [6, 6.07) is 7.00. The standard InChI is InChI=1S/C14H21N3/c1-3-12(4-2)15-9-8-11-6-5-7-14-13(11)10-16-17-14/h5-7,10,12,15H,3-4,8-9H2,1-2H3,(H,16,17). The second kappa shape index (κ2) is 5.82. The van der Waals surface area contributed by atoms with Crippen molar-refractivity contribution >= 4 is 10.9 Å². The number of H-pyrrole nitrogens is 1. The topological polar surface area (TPSA) is 40.7 Å². The Morgan fingerprint density at radius 3 is 2.88 bits per heavy atom. The number of hydrogen-bond acceptors (Lipinski definition) is 2. The van der Waals surface area contributed by atoms with Crippen molar-refractivity contribution in [2.45, 2.75) is 39.2 Å². The van der Waals surface area contributed by atoms with Gasteiger partial charge in [0.15, 0.2) is 0 Å². The molecular formula is C14H21N3. The maximum Gasteiger partial charge on any atom is 0.0653 e. The predicted molar refractivity (Wildman–Crippen MR) is 72.2 cm³/mol. The Balaban J connectivity index is 1.97. The number of aromatic amines is 1. The van der Waals surface area contributed by atoms with Crippen molar-refractivity contribution in [2.24, 2.45) is 0 Å². The number of nitrogens with zero attached hydrogens (tertiary/aromatic N) is 1. The van der Waals surface area contributed by atoms with Crippen molar-refractivity contribution in [3.05, 3.63) is 30.0 Å². The van der Waals surface area contributed by atoms with Crippen LogP contribution in [-0.2, 0) is 6.42 Å². The van der Waals surface area contributed by atoms with E-state index in [2.05, 4.69) is 47.6 Å². The predicted octanol–water partition coefficient (Wildman–Crippen LogP) is 2.88. The summed E-state index contributed by atoms with van der Waals surface area (Å²) >= 11 is 0. The molecule has 0 saturated carbocycles. The molecule has 2 aromatic rings. The number of benzene rings is 1. The highest BCUT2D eigenvalue weighted by atomic mass is 15.1. The Kier molecular flexibility index (Phi) is 4.15. The van der Waals surface area contributed by atoms with Gasteiger partial charge in [-0.25, -0.2) is 0 Å². The van der Waals surface area contributed by atoms with Crippen LogP contribution in [0.15, 0.2) is 24.4 Å². The normalized spacial score (nSPS) is 11.5. The quantitative estimate of drug-likeness (QED) is 0.802. The van der Waals surface area contributed by atoms with Gasteiger partial charge in [-0.3, -0.25) is 5.10 Å². The van der Waals surface area contributed by atoms with Gasteiger partial charge in [0.25, 0.3) is 0 Å². The first-order valence-corrected chi connectivity index (χ1v) is 6.49. The lowest BCUT2D eigenvalue weighted by atomic mass is 10.1. The summed E-state index contributed by atoms with van der Waals surface area (Å²) in [5, 5.41) is 11.9. The Hall–Kier alpha value is -1.35. The first-order valence-electron chi connectivity index (χ1n) is 6.49. The first kappa shape index (κ1) is 12.1. The lowest BCUT2D eigenvalue weighted by molar-refractivity contribution is 0.488. The highest BCUT2D eigenvalue weighted by molar-refractivity contribution is 5.81. The molecule has 92 valence electrons. The number of rotatable bonds is 6. The summed E-state index contributed by atoms with van der Waals surface area (Å²) in [4.78, 5) is 0. The van der Waals surface area contributed by atoms with E-state index in [0.717, 1.165) is 18.5 Å². The first-order chi connectivity index (χ1) is 8.35. The van der Waals surface area contributed by atoms with E-state index in [1.165, 1.54) is 23.8 Å². The van der Waals surface area contributed by atoms with Crippen molar-refractivity contribution in [3.8, 4) is 0 Å². The minimum absolute atomic E-state index is 0.651. The third-order valence-electron chi connectivity index (χ3n) is 3.39. The summed E-state index contributed by atoms with van der Waals surface area (Å²) < 4.78 is 0. The van der Waals surface area contributed by atoms with Gasteiger partial charge in [-0.15, -0.1) is 0 Å². The van der Waals surface area contributed by atoms with Gasteiger partial charge in [0.05, 0.1) is 11.7 Å². The molecule has 0 aliphatic rings. The molecule has 0 fully saturated rings. The molecule has 0 radical (unpaired) electrons. The molecule has 0 saturated heterocycles. The van der Waals surface area contributed by atoms with Crippen LogP contribution in [0.3, 0.4) is 0 Å². The van der Waals surface area contributed by atoms with Crippen LogP contribution >= 0.6 is 0 Å². The molecule has 0 bridgehead atoms. The van der Waals surface area contributed by atoms with Gasteiger partial charge in [0.2, 0.25) is 0 Å². The van der Waals surface area contributed by atoms with E-state index in [1.807, 2.05) is 6.20 Å². The fourth-order valence-electron chi connectivity index (χ4n) is 2.24. The summed E-state index contributed by atoms with van der Waals surface area (Å²) in [5.74, 6) is 0. The molecule has 2 N–H and O–H groups in total. The van der Waals surface area contributed by atoms with Crippen LogP contribution in [0.2, 0.25) is 0 Å². The van der Waals surface area contributed by atoms with Crippen LogP contribution in [0.25, 0.3) is 10.9 Å².